The van der Waals surface area contributed by atoms with Gasteiger partial charge in [0.05, 0.1) is 18.4 Å². The van der Waals surface area contributed by atoms with Crippen LogP contribution in [0.15, 0.2) is 11.1 Å². The van der Waals surface area contributed by atoms with Gasteiger partial charge in [0, 0.05) is 5.03 Å². The number of hydrogen-bond acceptors (Lipinski definition) is 4. The van der Waals surface area contributed by atoms with Gasteiger partial charge >= 0.3 is 5.97 Å². The Morgan fingerprint density at radius 3 is 2.74 bits per heavy atom. The van der Waals surface area contributed by atoms with Crippen LogP contribution in [0.4, 0.5) is 0 Å². The Morgan fingerprint density at radius 2 is 2.11 bits per heavy atom. The van der Waals surface area contributed by atoms with Gasteiger partial charge in [0.1, 0.15) is 6.04 Å². The molecule has 1 fully saturated rings. The van der Waals surface area contributed by atoms with Crippen molar-refractivity contribution in [2.75, 3.05) is 6.61 Å². The zero-order chi connectivity index (χ0) is 14.2. The molecule has 0 spiro atoms. The average Bonchev–Trinajstić information content (AvgIpc) is 2.61. The second-order valence-electron chi connectivity index (χ2n) is 4.78. The van der Waals surface area contributed by atoms with Crippen LogP contribution in [0.3, 0.4) is 0 Å². The largest absolute Gasteiger partial charge is 0.464 e. The predicted molar refractivity (Wildman–Crippen MR) is 68.1 cm³/mol. The van der Waals surface area contributed by atoms with Gasteiger partial charge < -0.3 is 4.74 Å². The molecule has 19 heavy (non-hydrogen) atoms. The molecule has 1 aliphatic carbocycles. The van der Waals surface area contributed by atoms with Crippen molar-refractivity contribution in [2.24, 2.45) is 11.8 Å². The average molecular weight is 286 g/mol. The second-order valence-corrected chi connectivity index (χ2v) is 5.26. The van der Waals surface area contributed by atoms with Crippen molar-refractivity contribution in [1.82, 2.24) is 4.90 Å². The number of nitrogens with zero attached hydrogens (tertiary/aromatic N) is 1. The quantitative estimate of drug-likeness (QED) is 0.582. The number of halogens is 1. The minimum Gasteiger partial charge on any atom is -0.464 e. The molecule has 0 radical (unpaired) electrons. The summed E-state index contributed by atoms with van der Waals surface area (Å²) in [6.07, 6.45) is 2.61. The fourth-order valence-electron chi connectivity index (χ4n) is 2.60. The number of amides is 2. The highest BCUT2D eigenvalue weighted by Crippen LogP contribution is 2.39. The first-order valence-corrected chi connectivity index (χ1v) is 6.73. The smallest absolute Gasteiger partial charge is 0.329 e. The summed E-state index contributed by atoms with van der Waals surface area (Å²) in [5.74, 6) is -1.98. The van der Waals surface area contributed by atoms with E-state index in [0.717, 1.165) is 4.90 Å². The molecule has 2 aliphatic rings. The van der Waals surface area contributed by atoms with Crippen molar-refractivity contribution in [1.29, 1.82) is 0 Å². The van der Waals surface area contributed by atoms with Gasteiger partial charge in [-0.3, -0.25) is 14.5 Å². The van der Waals surface area contributed by atoms with Gasteiger partial charge in [-0.25, -0.2) is 4.79 Å². The number of imide groups is 1. The van der Waals surface area contributed by atoms with Crippen molar-refractivity contribution >= 4 is 29.4 Å². The zero-order valence-electron chi connectivity index (χ0n) is 10.9. The summed E-state index contributed by atoms with van der Waals surface area (Å²) in [7, 11) is 0. The van der Waals surface area contributed by atoms with Crippen molar-refractivity contribution < 1.29 is 19.1 Å². The van der Waals surface area contributed by atoms with Gasteiger partial charge in [0.2, 0.25) is 11.8 Å². The Labute approximate surface area is 116 Å². The molecule has 1 saturated heterocycles. The van der Waals surface area contributed by atoms with E-state index in [4.69, 9.17) is 16.3 Å². The van der Waals surface area contributed by atoms with Gasteiger partial charge in [-0.15, -0.1) is 0 Å². The SMILES string of the molecule is CCOC(=O)[C@H](C)N1C(=O)[C@H]2CC(Cl)=CC[C@H]2C1=O. The Kier molecular flexibility index (Phi) is 3.94. The molecule has 6 heteroatoms. The molecule has 0 N–H and O–H groups in total. The van der Waals surface area contributed by atoms with Gasteiger partial charge in [-0.1, -0.05) is 17.7 Å². The highest BCUT2D eigenvalue weighted by Gasteiger charge is 2.51. The van der Waals surface area contributed by atoms with Gasteiger partial charge in [-0.2, -0.15) is 0 Å². The fourth-order valence-corrected chi connectivity index (χ4v) is 2.86. The third-order valence-electron chi connectivity index (χ3n) is 3.62. The second kappa shape index (κ2) is 5.33. The first-order chi connectivity index (χ1) is 8.97. The van der Waals surface area contributed by atoms with E-state index in [1.807, 2.05) is 0 Å². The Balaban J connectivity index is 2.19. The summed E-state index contributed by atoms with van der Waals surface area (Å²) >= 11 is 5.92. The highest BCUT2D eigenvalue weighted by molar-refractivity contribution is 6.30. The molecule has 1 aliphatic heterocycles. The number of fused-ring (bicyclic) bond motifs is 1. The van der Waals surface area contributed by atoms with Crippen LogP contribution in [-0.4, -0.2) is 35.3 Å². The molecule has 0 bridgehead atoms. The molecule has 1 heterocycles. The number of allylic oxidation sites excluding steroid dienone is 2. The fraction of sp³-hybridized carbons (Fsp3) is 0.615. The lowest BCUT2D eigenvalue weighted by Crippen LogP contribution is -2.44. The van der Waals surface area contributed by atoms with E-state index < -0.39 is 17.9 Å². The van der Waals surface area contributed by atoms with E-state index in [9.17, 15) is 14.4 Å². The first-order valence-electron chi connectivity index (χ1n) is 6.35. The van der Waals surface area contributed by atoms with E-state index in [0.29, 0.717) is 17.9 Å². The summed E-state index contributed by atoms with van der Waals surface area (Å²) in [5.41, 5.74) is 0. The van der Waals surface area contributed by atoms with Gasteiger partial charge in [0.15, 0.2) is 0 Å². The summed E-state index contributed by atoms with van der Waals surface area (Å²) in [6, 6.07) is -0.871. The predicted octanol–water partition coefficient (Wildman–Crippen LogP) is 1.46. The van der Waals surface area contributed by atoms with Crippen molar-refractivity contribution in [3.05, 3.63) is 11.1 Å². The van der Waals surface area contributed by atoms with Crippen LogP contribution in [0.5, 0.6) is 0 Å². The maximum atomic E-state index is 12.3. The molecule has 0 aromatic carbocycles. The number of carbonyl (C=O) groups excluding carboxylic acids is 3. The summed E-state index contributed by atoms with van der Waals surface area (Å²) in [4.78, 5) is 37.2. The summed E-state index contributed by atoms with van der Waals surface area (Å²) < 4.78 is 4.86. The summed E-state index contributed by atoms with van der Waals surface area (Å²) in [6.45, 7) is 3.42. The molecule has 2 amide bonds. The topological polar surface area (TPSA) is 63.7 Å². The van der Waals surface area contributed by atoms with Crippen LogP contribution >= 0.6 is 11.6 Å². The van der Waals surface area contributed by atoms with E-state index in [1.165, 1.54) is 6.92 Å². The number of hydrogen-bond donors (Lipinski definition) is 0. The Hall–Kier alpha value is -1.36. The lowest BCUT2D eigenvalue weighted by atomic mass is 9.85. The molecule has 5 nitrogen and oxygen atoms in total. The van der Waals surface area contributed by atoms with Crippen LogP contribution in [-0.2, 0) is 19.1 Å². The first kappa shape index (κ1) is 14.1. The lowest BCUT2D eigenvalue weighted by molar-refractivity contribution is -0.157. The number of rotatable bonds is 3. The van der Waals surface area contributed by atoms with E-state index in [1.54, 1.807) is 13.0 Å². The zero-order valence-corrected chi connectivity index (χ0v) is 11.6. The molecule has 0 saturated carbocycles. The normalized spacial score (nSPS) is 27.9. The number of ether oxygens (including phenoxy) is 1. The molecule has 0 aromatic rings. The van der Waals surface area contributed by atoms with Crippen LogP contribution in [0.2, 0.25) is 0 Å². The third kappa shape index (κ3) is 2.39. The molecule has 104 valence electrons. The molecule has 3 atom stereocenters. The third-order valence-corrected chi connectivity index (χ3v) is 3.93. The van der Waals surface area contributed by atoms with Crippen LogP contribution < -0.4 is 0 Å². The van der Waals surface area contributed by atoms with Crippen molar-refractivity contribution in [3.8, 4) is 0 Å². The highest BCUT2D eigenvalue weighted by atomic mass is 35.5. The number of likely N-dealkylation sites (tertiary alicyclic amines) is 1. The van der Waals surface area contributed by atoms with Crippen LogP contribution in [0.1, 0.15) is 26.7 Å². The van der Waals surface area contributed by atoms with Crippen molar-refractivity contribution in [3.63, 3.8) is 0 Å². The monoisotopic (exact) mass is 285 g/mol. The summed E-state index contributed by atoms with van der Waals surface area (Å²) in [5, 5.41) is 0.605. The molecular formula is C13H16ClNO4. The maximum Gasteiger partial charge on any atom is 0.329 e. The van der Waals surface area contributed by atoms with E-state index in [-0.39, 0.29) is 24.3 Å². The minimum atomic E-state index is -0.871. The van der Waals surface area contributed by atoms with Crippen LogP contribution in [0, 0.1) is 11.8 Å². The molecular weight excluding hydrogens is 270 g/mol. The van der Waals surface area contributed by atoms with E-state index >= 15 is 0 Å². The number of carbonyl (C=O) groups is 3. The Bertz CT molecular complexity index is 460. The lowest BCUT2D eigenvalue weighted by Gasteiger charge is -2.21. The molecule has 0 unspecified atom stereocenters. The van der Waals surface area contributed by atoms with Gasteiger partial charge in [0.25, 0.3) is 0 Å². The van der Waals surface area contributed by atoms with Crippen molar-refractivity contribution in [2.45, 2.75) is 32.7 Å². The Morgan fingerprint density at radius 1 is 1.47 bits per heavy atom. The number of esters is 1. The molecule has 0 aromatic heterocycles. The maximum absolute atomic E-state index is 12.3. The minimum absolute atomic E-state index is 0.222. The van der Waals surface area contributed by atoms with Gasteiger partial charge in [-0.05, 0) is 26.7 Å². The molecule has 2 rings (SSSR count). The van der Waals surface area contributed by atoms with Crippen LogP contribution in [0.25, 0.3) is 0 Å². The van der Waals surface area contributed by atoms with E-state index in [2.05, 4.69) is 0 Å². The standard InChI is InChI=1S/C13H16ClNO4/c1-3-19-13(18)7(2)15-11(16)9-5-4-8(14)6-10(9)12(15)17/h4,7,9-10H,3,5-6H2,1-2H3/t7-,9+,10-/m0/s1.